The minimum Gasteiger partial charge on any atom is -0.512 e. The first-order chi connectivity index (χ1) is 9.54. The molecule has 0 atom stereocenters. The standard InChI is InChI=1S/C12H10BNO6/c15-13(16)20-12-3-1-2-11(8-12)19-10-6-4-9(5-7-10)14(17)18/h1-8,15-16H. The Labute approximate surface area is 114 Å². The molecule has 8 heteroatoms. The van der Waals surface area contributed by atoms with Gasteiger partial charge in [0.25, 0.3) is 5.69 Å². The maximum absolute atomic E-state index is 10.5. The van der Waals surface area contributed by atoms with E-state index in [-0.39, 0.29) is 11.4 Å². The van der Waals surface area contributed by atoms with Gasteiger partial charge in [-0.1, -0.05) is 6.07 Å². The fraction of sp³-hybridized carbons (Fsp3) is 0. The lowest BCUT2D eigenvalue weighted by atomic mass is 10.2. The summed E-state index contributed by atoms with van der Waals surface area (Å²) in [6.45, 7) is 0. The van der Waals surface area contributed by atoms with Crippen LogP contribution in [-0.2, 0) is 0 Å². The molecule has 0 heterocycles. The molecule has 0 unspecified atom stereocenters. The number of nitrogens with zero attached hydrogens (tertiary/aromatic N) is 1. The number of rotatable bonds is 5. The summed E-state index contributed by atoms with van der Waals surface area (Å²) in [6.07, 6.45) is 0. The monoisotopic (exact) mass is 275 g/mol. The Morgan fingerprint density at radius 2 is 1.65 bits per heavy atom. The molecule has 0 spiro atoms. The first-order valence-electron chi connectivity index (χ1n) is 5.60. The number of ether oxygens (including phenoxy) is 1. The zero-order chi connectivity index (χ0) is 14.5. The van der Waals surface area contributed by atoms with Crippen LogP contribution >= 0.6 is 0 Å². The molecule has 0 aliphatic heterocycles. The summed E-state index contributed by atoms with van der Waals surface area (Å²) in [4.78, 5) is 10.0. The second kappa shape index (κ2) is 6.05. The van der Waals surface area contributed by atoms with Gasteiger partial charge in [0.2, 0.25) is 0 Å². The summed E-state index contributed by atoms with van der Waals surface area (Å²) in [6, 6.07) is 11.8. The zero-order valence-electron chi connectivity index (χ0n) is 10.2. The Morgan fingerprint density at radius 1 is 1.00 bits per heavy atom. The molecule has 0 fully saturated rings. The van der Waals surface area contributed by atoms with Crippen molar-refractivity contribution >= 4 is 13.0 Å². The molecule has 20 heavy (non-hydrogen) atoms. The number of non-ortho nitro benzene ring substituents is 1. The number of benzene rings is 2. The van der Waals surface area contributed by atoms with Crippen LogP contribution in [0, 0.1) is 10.1 Å². The van der Waals surface area contributed by atoms with Crippen molar-refractivity contribution in [3.63, 3.8) is 0 Å². The van der Waals surface area contributed by atoms with E-state index in [9.17, 15) is 10.1 Å². The lowest BCUT2D eigenvalue weighted by molar-refractivity contribution is -0.384. The fourth-order valence-electron chi connectivity index (χ4n) is 1.50. The molecule has 2 N–H and O–H groups in total. The second-order valence-electron chi connectivity index (χ2n) is 3.77. The van der Waals surface area contributed by atoms with E-state index in [1.165, 1.54) is 36.4 Å². The smallest absolute Gasteiger partial charge is 0.512 e. The van der Waals surface area contributed by atoms with Crippen molar-refractivity contribution in [1.29, 1.82) is 0 Å². The van der Waals surface area contributed by atoms with Gasteiger partial charge in [-0.15, -0.1) is 0 Å². The van der Waals surface area contributed by atoms with Crippen molar-refractivity contribution in [2.45, 2.75) is 0 Å². The summed E-state index contributed by atoms with van der Waals surface area (Å²) in [5.74, 6) is 1.04. The topological polar surface area (TPSA) is 102 Å². The van der Waals surface area contributed by atoms with Gasteiger partial charge in [-0.05, 0) is 24.3 Å². The Hall–Kier alpha value is -2.58. The van der Waals surface area contributed by atoms with Gasteiger partial charge in [0.15, 0.2) is 0 Å². The highest BCUT2D eigenvalue weighted by atomic mass is 16.6. The predicted octanol–water partition coefficient (Wildman–Crippen LogP) is 1.74. The highest BCUT2D eigenvalue weighted by molar-refractivity contribution is 6.33. The molecule has 0 saturated carbocycles. The molecule has 102 valence electrons. The van der Waals surface area contributed by atoms with E-state index >= 15 is 0 Å². The van der Waals surface area contributed by atoms with Crippen LogP contribution in [0.4, 0.5) is 5.69 Å². The lowest BCUT2D eigenvalue weighted by Crippen LogP contribution is -2.20. The number of hydrogen-bond acceptors (Lipinski definition) is 6. The zero-order valence-corrected chi connectivity index (χ0v) is 10.2. The minimum absolute atomic E-state index is 0.0298. The van der Waals surface area contributed by atoms with Crippen LogP contribution in [0.25, 0.3) is 0 Å². The number of nitro benzene ring substituents is 1. The Bertz CT molecular complexity index is 601. The van der Waals surface area contributed by atoms with Gasteiger partial charge in [-0.25, -0.2) is 0 Å². The van der Waals surface area contributed by atoms with Crippen molar-refractivity contribution in [2.24, 2.45) is 0 Å². The van der Waals surface area contributed by atoms with E-state index in [1.807, 2.05) is 0 Å². The molecule has 0 aromatic heterocycles. The fourth-order valence-corrected chi connectivity index (χ4v) is 1.50. The second-order valence-corrected chi connectivity index (χ2v) is 3.77. The molecule has 2 aromatic rings. The Balaban J connectivity index is 2.11. The molecule has 0 aliphatic rings. The number of hydrogen-bond donors (Lipinski definition) is 2. The Morgan fingerprint density at radius 3 is 2.25 bits per heavy atom. The molecule has 0 aliphatic carbocycles. The average Bonchev–Trinajstić information content (AvgIpc) is 2.39. The molecule has 2 aromatic carbocycles. The highest BCUT2D eigenvalue weighted by Gasteiger charge is 2.11. The molecule has 0 saturated heterocycles. The minimum atomic E-state index is -1.91. The van der Waals surface area contributed by atoms with Gasteiger partial charge in [-0.2, -0.15) is 0 Å². The van der Waals surface area contributed by atoms with Gasteiger partial charge < -0.3 is 19.4 Å². The largest absolute Gasteiger partial charge is 0.707 e. The SMILES string of the molecule is O=[N+]([O-])c1ccc(Oc2cccc(OB(O)O)c2)cc1. The van der Waals surface area contributed by atoms with E-state index in [2.05, 4.69) is 4.65 Å². The molecule has 2 rings (SSSR count). The quantitative estimate of drug-likeness (QED) is 0.489. The van der Waals surface area contributed by atoms with E-state index in [0.717, 1.165) is 0 Å². The maximum Gasteiger partial charge on any atom is 0.707 e. The van der Waals surface area contributed by atoms with Crippen molar-refractivity contribution in [2.75, 3.05) is 0 Å². The van der Waals surface area contributed by atoms with Crippen LogP contribution in [0.15, 0.2) is 48.5 Å². The molecule has 0 amide bonds. The summed E-state index contributed by atoms with van der Waals surface area (Å²) in [5, 5.41) is 27.9. The molecular formula is C12H10BNO6. The van der Waals surface area contributed by atoms with Crippen molar-refractivity contribution in [3.05, 3.63) is 58.6 Å². The van der Waals surface area contributed by atoms with Crippen LogP contribution < -0.4 is 9.39 Å². The predicted molar refractivity (Wildman–Crippen MR) is 70.4 cm³/mol. The lowest BCUT2D eigenvalue weighted by Gasteiger charge is -2.08. The van der Waals surface area contributed by atoms with E-state index in [4.69, 9.17) is 14.8 Å². The van der Waals surface area contributed by atoms with Crippen LogP contribution in [0.3, 0.4) is 0 Å². The van der Waals surface area contributed by atoms with E-state index < -0.39 is 12.2 Å². The summed E-state index contributed by atoms with van der Waals surface area (Å²) >= 11 is 0. The van der Waals surface area contributed by atoms with Crippen LogP contribution in [0.1, 0.15) is 0 Å². The molecule has 0 bridgehead atoms. The Kier molecular flexibility index (Phi) is 4.19. The van der Waals surface area contributed by atoms with Gasteiger partial charge in [0, 0.05) is 18.2 Å². The van der Waals surface area contributed by atoms with Gasteiger partial charge in [0.05, 0.1) is 4.92 Å². The third-order valence-corrected chi connectivity index (χ3v) is 2.33. The summed E-state index contributed by atoms with van der Waals surface area (Å²) in [7, 11) is -1.91. The van der Waals surface area contributed by atoms with Crippen LogP contribution in [0.2, 0.25) is 0 Å². The van der Waals surface area contributed by atoms with Crippen molar-refractivity contribution in [3.8, 4) is 17.2 Å². The van der Waals surface area contributed by atoms with E-state index in [0.29, 0.717) is 11.5 Å². The summed E-state index contributed by atoms with van der Waals surface area (Å²) in [5.41, 5.74) is -0.0298. The third kappa shape index (κ3) is 3.71. The van der Waals surface area contributed by atoms with Gasteiger partial charge in [-0.3, -0.25) is 10.1 Å². The molecule has 7 nitrogen and oxygen atoms in total. The van der Waals surface area contributed by atoms with Crippen molar-refractivity contribution in [1.82, 2.24) is 0 Å². The summed E-state index contributed by atoms with van der Waals surface area (Å²) < 4.78 is 10.2. The van der Waals surface area contributed by atoms with Crippen LogP contribution in [-0.4, -0.2) is 22.3 Å². The van der Waals surface area contributed by atoms with Crippen molar-refractivity contribution < 1.29 is 24.4 Å². The van der Waals surface area contributed by atoms with E-state index in [1.54, 1.807) is 12.1 Å². The molecular weight excluding hydrogens is 265 g/mol. The van der Waals surface area contributed by atoms with Gasteiger partial charge in [0.1, 0.15) is 17.2 Å². The van der Waals surface area contributed by atoms with Crippen LogP contribution in [0.5, 0.6) is 17.2 Å². The number of nitro groups is 1. The third-order valence-electron chi connectivity index (χ3n) is 2.33. The average molecular weight is 275 g/mol. The maximum atomic E-state index is 10.5. The highest BCUT2D eigenvalue weighted by Crippen LogP contribution is 2.26. The van der Waals surface area contributed by atoms with Gasteiger partial charge >= 0.3 is 7.32 Å². The first-order valence-corrected chi connectivity index (χ1v) is 5.60. The first kappa shape index (κ1) is 13.8. The molecule has 0 radical (unpaired) electrons. The normalized spacial score (nSPS) is 9.90.